The summed E-state index contributed by atoms with van der Waals surface area (Å²) in [6.45, 7) is 2.22. The Balaban J connectivity index is 2.20. The van der Waals surface area contributed by atoms with Crippen LogP contribution in [0.4, 0.5) is 0 Å². The molecule has 0 spiro atoms. The average molecular weight is 338 g/mol. The average Bonchev–Trinajstić information content (AvgIpc) is 2.83. The summed E-state index contributed by atoms with van der Waals surface area (Å²) in [5.74, 6) is -0.246. The van der Waals surface area contributed by atoms with Gasteiger partial charge >= 0.3 is 5.97 Å². The van der Waals surface area contributed by atoms with E-state index >= 15 is 0 Å². The smallest absolute Gasteiger partial charge is 0.345 e. The van der Waals surface area contributed by atoms with Crippen LogP contribution in [0.15, 0.2) is 47.2 Å². The molecule has 4 rings (SSSR count). The van der Waals surface area contributed by atoms with E-state index in [1.807, 2.05) is 12.3 Å². The number of carbonyl (C=O) groups is 1. The summed E-state index contributed by atoms with van der Waals surface area (Å²) in [4.78, 5) is 13.1. The number of carbonyl (C=O) groups excluding carboxylic acids is 1. The molecule has 0 amide bonds. The van der Waals surface area contributed by atoms with Crippen LogP contribution in [0.1, 0.15) is 12.5 Å². The molecule has 0 fully saturated rings. The van der Waals surface area contributed by atoms with Gasteiger partial charge < -0.3 is 4.74 Å². The van der Waals surface area contributed by atoms with Gasteiger partial charge in [-0.05, 0) is 46.2 Å². The molecule has 0 saturated carbocycles. The van der Waals surface area contributed by atoms with Gasteiger partial charge in [-0.2, -0.15) is 0 Å². The Bertz CT molecular complexity index is 1030. The maximum atomic E-state index is 12.4. The number of hydrogen-bond acceptors (Lipinski definition) is 4. The van der Waals surface area contributed by atoms with Crippen LogP contribution in [0.25, 0.3) is 31.8 Å². The molecule has 1 aromatic heterocycles. The van der Waals surface area contributed by atoms with Crippen LogP contribution in [0.5, 0.6) is 0 Å². The summed E-state index contributed by atoms with van der Waals surface area (Å²) < 4.78 is 6.52. The largest absolute Gasteiger partial charge is 0.462 e. The lowest BCUT2D eigenvalue weighted by molar-refractivity contribution is -0.135. The first-order valence-corrected chi connectivity index (χ1v) is 9.19. The highest BCUT2D eigenvalue weighted by Gasteiger charge is 2.18. The topological polar surface area (TPSA) is 26.3 Å². The SMILES string of the molecule is CCOC(=O)C1=c2c(cccc3c2cc2cccsc23)C=CS1. The van der Waals surface area contributed by atoms with Gasteiger partial charge in [0.1, 0.15) is 4.91 Å². The van der Waals surface area contributed by atoms with Crippen molar-refractivity contribution in [1.29, 1.82) is 0 Å². The molecule has 23 heavy (non-hydrogen) atoms. The molecule has 0 unspecified atom stereocenters. The molecule has 0 N–H and O–H groups in total. The van der Waals surface area contributed by atoms with Crippen molar-refractivity contribution >= 4 is 60.9 Å². The summed E-state index contributed by atoms with van der Waals surface area (Å²) in [5, 5.41) is 8.53. The van der Waals surface area contributed by atoms with Crippen molar-refractivity contribution in [3.8, 4) is 0 Å². The Kier molecular flexibility index (Phi) is 3.71. The van der Waals surface area contributed by atoms with Crippen LogP contribution in [0.2, 0.25) is 0 Å². The number of hydrogen-bond donors (Lipinski definition) is 0. The number of ether oxygens (including phenoxy) is 1. The molecule has 1 aliphatic heterocycles. The van der Waals surface area contributed by atoms with Crippen molar-refractivity contribution < 1.29 is 9.53 Å². The van der Waals surface area contributed by atoms with Crippen LogP contribution in [-0.2, 0) is 9.53 Å². The maximum Gasteiger partial charge on any atom is 0.345 e. The van der Waals surface area contributed by atoms with E-state index < -0.39 is 0 Å². The summed E-state index contributed by atoms with van der Waals surface area (Å²) in [5.41, 5.74) is 1.06. The van der Waals surface area contributed by atoms with Crippen molar-refractivity contribution in [3.63, 3.8) is 0 Å². The molecule has 2 aromatic carbocycles. The van der Waals surface area contributed by atoms with Crippen molar-refractivity contribution in [3.05, 3.63) is 58.0 Å². The normalized spacial score (nSPS) is 13.3. The van der Waals surface area contributed by atoms with E-state index in [4.69, 9.17) is 4.74 Å². The van der Waals surface area contributed by atoms with Gasteiger partial charge in [-0.15, -0.1) is 11.3 Å². The number of fused-ring (bicyclic) bond motifs is 5. The predicted molar refractivity (Wildman–Crippen MR) is 100 cm³/mol. The standard InChI is InChI=1S/C19H14O2S2/c1-2-21-19(20)18-16-12(8-10-23-18)5-3-7-14-15(16)11-13-6-4-9-22-17(13)14/h3-11H,2H2,1H3. The number of thioether (sulfide) groups is 1. The van der Waals surface area contributed by atoms with E-state index in [0.29, 0.717) is 11.5 Å². The molecular formula is C19H14O2S2. The van der Waals surface area contributed by atoms with Crippen molar-refractivity contribution in [2.75, 3.05) is 6.61 Å². The lowest BCUT2D eigenvalue weighted by Gasteiger charge is -2.09. The Morgan fingerprint density at radius 1 is 1.17 bits per heavy atom. The number of esters is 1. The zero-order chi connectivity index (χ0) is 15.8. The second-order valence-corrected chi connectivity index (χ2v) is 7.03. The predicted octanol–water partition coefficient (Wildman–Crippen LogP) is 4.72. The molecule has 114 valence electrons. The van der Waals surface area contributed by atoms with Gasteiger partial charge in [0.25, 0.3) is 0 Å². The monoisotopic (exact) mass is 338 g/mol. The molecule has 0 atom stereocenters. The van der Waals surface area contributed by atoms with Gasteiger partial charge in [0.2, 0.25) is 0 Å². The van der Waals surface area contributed by atoms with E-state index in [1.165, 1.54) is 27.2 Å². The minimum absolute atomic E-state index is 0.246. The zero-order valence-corrected chi connectivity index (χ0v) is 14.2. The van der Waals surface area contributed by atoms with E-state index in [9.17, 15) is 4.79 Å². The molecule has 0 aliphatic carbocycles. The van der Waals surface area contributed by atoms with Crippen molar-refractivity contribution in [2.45, 2.75) is 6.92 Å². The van der Waals surface area contributed by atoms with Gasteiger partial charge in [0, 0.05) is 15.3 Å². The minimum Gasteiger partial charge on any atom is -0.462 e. The first-order chi connectivity index (χ1) is 11.3. The zero-order valence-electron chi connectivity index (χ0n) is 12.5. The third-order valence-corrected chi connectivity index (χ3v) is 5.72. The van der Waals surface area contributed by atoms with Crippen LogP contribution >= 0.6 is 23.1 Å². The second kappa shape index (κ2) is 5.87. The van der Waals surface area contributed by atoms with Crippen LogP contribution in [0, 0.1) is 0 Å². The molecule has 0 radical (unpaired) electrons. The third kappa shape index (κ3) is 2.38. The molecule has 2 heterocycles. The van der Waals surface area contributed by atoms with Gasteiger partial charge in [0.05, 0.1) is 6.61 Å². The van der Waals surface area contributed by atoms with Crippen molar-refractivity contribution in [1.82, 2.24) is 0 Å². The Morgan fingerprint density at radius 2 is 2.09 bits per heavy atom. The van der Waals surface area contributed by atoms with Crippen LogP contribution < -0.4 is 5.22 Å². The van der Waals surface area contributed by atoms with Gasteiger partial charge in [-0.3, -0.25) is 0 Å². The lowest BCUT2D eigenvalue weighted by atomic mass is 10.1. The minimum atomic E-state index is -0.246. The molecular weight excluding hydrogens is 324 g/mol. The summed E-state index contributed by atoms with van der Waals surface area (Å²) >= 11 is 3.17. The first kappa shape index (κ1) is 14.5. The van der Waals surface area contributed by atoms with E-state index in [1.54, 1.807) is 11.3 Å². The Morgan fingerprint density at radius 3 is 2.96 bits per heavy atom. The molecule has 3 aromatic rings. The highest BCUT2D eigenvalue weighted by atomic mass is 32.2. The Labute approximate surface area is 142 Å². The fourth-order valence-corrected chi connectivity index (χ4v) is 4.63. The lowest BCUT2D eigenvalue weighted by Crippen LogP contribution is -2.17. The van der Waals surface area contributed by atoms with Crippen LogP contribution in [0.3, 0.4) is 0 Å². The van der Waals surface area contributed by atoms with Gasteiger partial charge in [-0.25, -0.2) is 4.79 Å². The van der Waals surface area contributed by atoms with Gasteiger partial charge in [0.15, 0.2) is 0 Å². The molecule has 2 nitrogen and oxygen atoms in total. The van der Waals surface area contributed by atoms with Crippen molar-refractivity contribution in [2.24, 2.45) is 0 Å². The van der Waals surface area contributed by atoms with Crippen LogP contribution in [-0.4, -0.2) is 12.6 Å². The summed E-state index contributed by atoms with van der Waals surface area (Å²) in [6.07, 6.45) is 2.06. The third-order valence-electron chi connectivity index (χ3n) is 3.86. The first-order valence-electron chi connectivity index (χ1n) is 7.43. The highest BCUT2D eigenvalue weighted by Crippen LogP contribution is 2.32. The van der Waals surface area contributed by atoms with E-state index in [0.717, 1.165) is 16.2 Å². The maximum absolute atomic E-state index is 12.4. The fourth-order valence-electron chi connectivity index (χ4n) is 2.91. The second-order valence-electron chi connectivity index (χ2n) is 5.20. The summed E-state index contributed by atoms with van der Waals surface area (Å²) in [7, 11) is 0. The number of rotatable bonds is 2. The summed E-state index contributed by atoms with van der Waals surface area (Å²) in [6, 6.07) is 12.6. The highest BCUT2D eigenvalue weighted by molar-refractivity contribution is 8.11. The molecule has 0 saturated heterocycles. The fraction of sp³-hybridized carbons (Fsp3) is 0.105. The van der Waals surface area contributed by atoms with E-state index in [-0.39, 0.29) is 5.97 Å². The van der Waals surface area contributed by atoms with Gasteiger partial charge in [-0.1, -0.05) is 42.1 Å². The molecule has 0 bridgehead atoms. The molecule has 1 aliphatic rings. The van der Waals surface area contributed by atoms with E-state index in [2.05, 4.69) is 47.9 Å². The molecule has 4 heteroatoms. The quantitative estimate of drug-likeness (QED) is 0.632. The Hall–Kier alpha value is -2.04.